The van der Waals surface area contributed by atoms with Crippen molar-refractivity contribution in [3.05, 3.63) is 59.9 Å². The van der Waals surface area contributed by atoms with Crippen LogP contribution in [0.3, 0.4) is 0 Å². The minimum absolute atomic E-state index is 0. The van der Waals surface area contributed by atoms with E-state index in [4.69, 9.17) is 5.32 Å². The Morgan fingerprint density at radius 1 is 0.621 bits per heavy atom. The first-order chi connectivity index (χ1) is 13.1. The van der Waals surface area contributed by atoms with Crippen LogP contribution in [0.25, 0.3) is 5.32 Å². The first-order valence-electron chi connectivity index (χ1n) is 10.3. The summed E-state index contributed by atoms with van der Waals surface area (Å²) >= 11 is 0. The SMILES string of the molecule is CC(C)[PH+](c1ccccc1[N-]c1ccccc1)C(C)C.C[PH+](C)C.C[PH+](C)C.[Cu+]. The number of hydrogen-bond acceptors (Lipinski definition) is 0. The Morgan fingerprint density at radius 3 is 1.41 bits per heavy atom. The molecule has 0 radical (unpaired) electrons. The summed E-state index contributed by atoms with van der Waals surface area (Å²) in [6, 6.07) is 18.9. The number of nitrogens with zero attached hydrogens (tertiary/aromatic N) is 1. The Hall–Kier alpha value is 0.0495. The Kier molecular flexibility index (Phi) is 19.1. The fourth-order valence-corrected chi connectivity index (χ4v) is 6.05. The molecule has 2 aromatic carbocycles. The van der Waals surface area contributed by atoms with Crippen LogP contribution in [0.2, 0.25) is 0 Å². The molecule has 168 valence electrons. The van der Waals surface area contributed by atoms with E-state index >= 15 is 0 Å². The third-order valence-electron chi connectivity index (χ3n) is 3.46. The van der Waals surface area contributed by atoms with Crippen molar-refractivity contribution in [2.75, 3.05) is 40.0 Å². The molecule has 0 bridgehead atoms. The van der Waals surface area contributed by atoms with Gasteiger partial charge < -0.3 is 5.32 Å². The van der Waals surface area contributed by atoms with Crippen molar-refractivity contribution >= 4 is 40.4 Å². The molecule has 0 unspecified atom stereocenters. The van der Waals surface area contributed by atoms with Crippen LogP contribution in [0.4, 0.5) is 11.4 Å². The zero-order valence-corrected chi connectivity index (χ0v) is 24.0. The van der Waals surface area contributed by atoms with Crippen LogP contribution in [0, 0.1) is 0 Å². The van der Waals surface area contributed by atoms with Crippen molar-refractivity contribution in [1.82, 2.24) is 0 Å². The molecule has 0 atom stereocenters. The Labute approximate surface area is 196 Å². The monoisotopic (exact) mass is 502 g/mol. The minimum atomic E-state index is -0.599. The molecule has 0 heterocycles. The molecule has 5 heteroatoms. The Morgan fingerprint density at radius 2 is 1.00 bits per heavy atom. The van der Waals surface area contributed by atoms with E-state index in [1.165, 1.54) is 5.30 Å². The van der Waals surface area contributed by atoms with Crippen molar-refractivity contribution in [1.29, 1.82) is 0 Å². The summed E-state index contributed by atoms with van der Waals surface area (Å²) in [6.45, 7) is 23.0. The van der Waals surface area contributed by atoms with E-state index in [-0.39, 0.29) is 32.9 Å². The number of hydrogen-bond donors (Lipinski definition) is 0. The second kappa shape index (κ2) is 17.7. The first-order valence-corrected chi connectivity index (χ1v) is 18.0. The molecular weight excluding hydrogens is 459 g/mol. The molecule has 0 spiro atoms. The second-order valence-electron chi connectivity index (χ2n) is 8.73. The van der Waals surface area contributed by atoms with E-state index in [2.05, 4.69) is 104 Å². The average Bonchev–Trinajstić information content (AvgIpc) is 2.56. The number of benzene rings is 2. The Balaban J connectivity index is 0. The predicted octanol–water partition coefficient (Wildman–Crippen LogP) is 7.86. The number of para-hydroxylation sites is 2. The smallest absolute Gasteiger partial charge is 0.655 e. The van der Waals surface area contributed by atoms with Gasteiger partial charge in [-0.3, -0.25) is 0 Å². The van der Waals surface area contributed by atoms with Gasteiger partial charge >= 0.3 is 17.1 Å². The molecule has 0 saturated heterocycles. The quantitative estimate of drug-likeness (QED) is 0.292. The zero-order valence-electron chi connectivity index (χ0n) is 20.1. The van der Waals surface area contributed by atoms with Crippen LogP contribution in [-0.4, -0.2) is 51.3 Å². The molecule has 0 aliphatic carbocycles. The van der Waals surface area contributed by atoms with Crippen LogP contribution in [0.5, 0.6) is 0 Å². The summed E-state index contributed by atoms with van der Waals surface area (Å²) in [5.41, 5.74) is 3.61. The van der Waals surface area contributed by atoms with Crippen molar-refractivity contribution in [3.8, 4) is 0 Å². The Bertz CT molecular complexity index is 612. The molecule has 0 aliphatic heterocycles. The third-order valence-corrected chi connectivity index (χ3v) is 7.00. The molecule has 2 aromatic rings. The van der Waals surface area contributed by atoms with Crippen molar-refractivity contribution < 1.29 is 17.1 Å². The summed E-state index contributed by atoms with van der Waals surface area (Å²) in [7, 11) is -0.358. The van der Waals surface area contributed by atoms with Gasteiger partial charge in [-0.2, -0.15) is 0 Å². The maximum absolute atomic E-state index is 4.85. The van der Waals surface area contributed by atoms with Gasteiger partial charge in [0.15, 0.2) is 0 Å². The summed E-state index contributed by atoms with van der Waals surface area (Å²) in [5, 5.41) is 6.32. The maximum Gasteiger partial charge on any atom is 1.00 e. The summed E-state index contributed by atoms with van der Waals surface area (Å²) in [4.78, 5) is 0. The van der Waals surface area contributed by atoms with Crippen LogP contribution in [0.15, 0.2) is 54.6 Å². The van der Waals surface area contributed by atoms with Crippen LogP contribution >= 0.6 is 23.8 Å². The molecule has 0 aromatic heterocycles. The van der Waals surface area contributed by atoms with Crippen LogP contribution in [-0.2, 0) is 17.1 Å². The third kappa shape index (κ3) is 15.5. The van der Waals surface area contributed by atoms with Gasteiger partial charge in [-0.15, -0.1) is 5.69 Å². The molecule has 0 N–H and O–H groups in total. The summed E-state index contributed by atoms with van der Waals surface area (Å²) < 4.78 is 0. The zero-order chi connectivity index (χ0) is 21.7. The van der Waals surface area contributed by atoms with E-state index in [0.29, 0.717) is 11.3 Å². The maximum atomic E-state index is 4.85. The van der Waals surface area contributed by atoms with Gasteiger partial charge in [0.2, 0.25) is 0 Å². The van der Waals surface area contributed by atoms with Crippen LogP contribution in [0.1, 0.15) is 27.7 Å². The van der Waals surface area contributed by atoms with Gasteiger partial charge in [-0.1, -0.05) is 54.2 Å². The fourth-order valence-electron chi connectivity index (χ4n) is 2.75. The van der Waals surface area contributed by atoms with Crippen LogP contribution < -0.4 is 5.30 Å². The van der Waals surface area contributed by atoms with E-state index < -0.39 is 7.92 Å². The van der Waals surface area contributed by atoms with Gasteiger partial charge in [0.05, 0.1) is 16.6 Å². The minimum Gasteiger partial charge on any atom is -0.655 e. The van der Waals surface area contributed by atoms with Crippen molar-refractivity contribution in [2.24, 2.45) is 0 Å². The van der Waals surface area contributed by atoms with Gasteiger partial charge in [-0.25, -0.2) is 0 Å². The summed E-state index contributed by atoms with van der Waals surface area (Å²) in [5.74, 6) is 0. The molecule has 1 nitrogen and oxygen atoms in total. The number of rotatable bonds is 5. The van der Waals surface area contributed by atoms with Gasteiger partial charge in [0.1, 0.15) is 0 Å². The average molecular weight is 503 g/mol. The van der Waals surface area contributed by atoms with E-state index in [1.54, 1.807) is 0 Å². The molecule has 0 amide bonds. The first kappa shape index (κ1) is 31.2. The predicted molar refractivity (Wildman–Crippen MR) is 146 cm³/mol. The van der Waals surface area contributed by atoms with E-state index in [9.17, 15) is 0 Å². The van der Waals surface area contributed by atoms with Crippen molar-refractivity contribution in [3.63, 3.8) is 0 Å². The molecular formula is C24H44CuNP3+3. The van der Waals surface area contributed by atoms with E-state index in [0.717, 1.165) is 11.4 Å². The van der Waals surface area contributed by atoms with Gasteiger partial charge in [0.25, 0.3) is 0 Å². The fraction of sp³-hybridized carbons (Fsp3) is 0.500. The summed E-state index contributed by atoms with van der Waals surface area (Å²) in [6.07, 6.45) is 0. The largest absolute Gasteiger partial charge is 1.00 e. The normalized spacial score (nSPS) is 10.3. The second-order valence-corrected chi connectivity index (χ2v) is 18.5. The molecule has 0 fully saturated rings. The topological polar surface area (TPSA) is 14.1 Å². The van der Waals surface area contributed by atoms with Gasteiger partial charge in [-0.05, 0) is 49.6 Å². The molecule has 0 aliphatic rings. The van der Waals surface area contributed by atoms with E-state index in [1.807, 2.05) is 18.2 Å². The standard InChI is InChI=1S/C18H23NP.2C3H9P.Cu/c1-14(2)20(15(3)4)18-13-9-8-12-17(18)19-16-10-6-5-7-11-16;2*1-4(2)3;/h5-15H,1-4H3;2*1-3H3;/q-1;;;+1/p+3. The van der Waals surface area contributed by atoms with Gasteiger partial charge in [0, 0.05) is 47.9 Å². The van der Waals surface area contributed by atoms with Crippen molar-refractivity contribution in [2.45, 2.75) is 39.0 Å². The molecule has 0 saturated carbocycles. The molecule has 2 rings (SSSR count). The molecule has 29 heavy (non-hydrogen) atoms.